The van der Waals surface area contributed by atoms with Gasteiger partial charge >= 0.3 is 0 Å². The highest BCUT2D eigenvalue weighted by Crippen LogP contribution is 2.17. The summed E-state index contributed by atoms with van der Waals surface area (Å²) in [6.45, 7) is 2.75. The molecule has 1 aromatic carbocycles. The molecule has 0 fully saturated rings. The highest BCUT2D eigenvalue weighted by atomic mass is 32.2. The third-order valence-corrected chi connectivity index (χ3v) is 4.52. The third-order valence-electron chi connectivity index (χ3n) is 2.88. The Morgan fingerprint density at radius 1 is 1.37 bits per heavy atom. The normalized spacial score (nSPS) is 13.4. The number of hydrogen-bond donors (Lipinski definition) is 2. The van der Waals surface area contributed by atoms with Gasteiger partial charge in [0.1, 0.15) is 0 Å². The minimum atomic E-state index is -3.64. The smallest absolute Gasteiger partial charge is 0.238 e. The van der Waals surface area contributed by atoms with Crippen LogP contribution in [0, 0.1) is 0 Å². The van der Waals surface area contributed by atoms with Crippen molar-refractivity contribution in [3.63, 3.8) is 0 Å². The summed E-state index contributed by atoms with van der Waals surface area (Å²) in [5.41, 5.74) is 2.13. The van der Waals surface area contributed by atoms with Crippen molar-refractivity contribution in [1.82, 2.24) is 5.32 Å². The summed E-state index contributed by atoms with van der Waals surface area (Å²) in [5.74, 6) is 0. The molecule has 4 nitrogen and oxygen atoms in total. The molecule has 1 aromatic heterocycles. The first-order chi connectivity index (χ1) is 8.97. The Bertz CT molecular complexity index is 636. The second kappa shape index (κ2) is 5.83. The molecule has 0 aliphatic carbocycles. The van der Waals surface area contributed by atoms with Crippen LogP contribution in [0.2, 0.25) is 0 Å². The predicted molar refractivity (Wildman–Crippen MR) is 77.4 cm³/mol. The van der Waals surface area contributed by atoms with E-state index < -0.39 is 10.0 Å². The van der Waals surface area contributed by atoms with Crippen molar-refractivity contribution in [2.75, 3.05) is 0 Å². The van der Waals surface area contributed by atoms with E-state index in [9.17, 15) is 8.42 Å². The van der Waals surface area contributed by atoms with Crippen molar-refractivity contribution in [1.29, 1.82) is 0 Å². The van der Waals surface area contributed by atoms with Gasteiger partial charge in [0.15, 0.2) is 0 Å². The summed E-state index contributed by atoms with van der Waals surface area (Å²) >= 11 is 1.66. The fourth-order valence-corrected chi connectivity index (χ4v) is 2.98. The summed E-state index contributed by atoms with van der Waals surface area (Å²) in [7, 11) is -3.64. The molecular weight excluding hydrogens is 280 g/mol. The van der Waals surface area contributed by atoms with E-state index in [2.05, 4.69) is 16.8 Å². The maximum atomic E-state index is 11.3. The van der Waals surface area contributed by atoms with Gasteiger partial charge in [-0.25, -0.2) is 13.6 Å². The second-order valence-corrected chi connectivity index (χ2v) is 6.69. The van der Waals surface area contributed by atoms with Crippen LogP contribution in [-0.4, -0.2) is 8.42 Å². The molecule has 0 aliphatic rings. The van der Waals surface area contributed by atoms with Gasteiger partial charge in [0, 0.05) is 12.6 Å². The molecule has 6 heteroatoms. The van der Waals surface area contributed by atoms with Crippen LogP contribution in [0.4, 0.5) is 0 Å². The minimum Gasteiger partial charge on any atom is -0.306 e. The Hall–Kier alpha value is -1.21. The number of rotatable bonds is 5. The summed E-state index contributed by atoms with van der Waals surface area (Å²) in [5, 5.41) is 12.6. The molecule has 3 N–H and O–H groups in total. The lowest BCUT2D eigenvalue weighted by Crippen LogP contribution is -2.19. The molecule has 102 valence electrons. The molecule has 0 radical (unpaired) electrons. The van der Waals surface area contributed by atoms with E-state index in [-0.39, 0.29) is 10.9 Å². The summed E-state index contributed by atoms with van der Waals surface area (Å²) in [4.78, 5) is 0.147. The highest BCUT2D eigenvalue weighted by Gasteiger charge is 2.11. The largest absolute Gasteiger partial charge is 0.306 e. The lowest BCUT2D eigenvalue weighted by molar-refractivity contribution is 0.573. The summed E-state index contributed by atoms with van der Waals surface area (Å²) < 4.78 is 22.6. The third kappa shape index (κ3) is 3.87. The fourth-order valence-electron chi connectivity index (χ4n) is 1.74. The Morgan fingerprint density at radius 3 is 2.79 bits per heavy atom. The number of benzene rings is 1. The van der Waals surface area contributed by atoms with Crippen molar-refractivity contribution in [2.45, 2.75) is 24.4 Å². The minimum absolute atomic E-state index is 0.0570. The van der Waals surface area contributed by atoms with Gasteiger partial charge in [-0.2, -0.15) is 11.3 Å². The van der Waals surface area contributed by atoms with Crippen LogP contribution in [0.5, 0.6) is 0 Å². The van der Waals surface area contributed by atoms with Gasteiger partial charge in [0.05, 0.1) is 4.90 Å². The van der Waals surface area contributed by atoms with Crippen LogP contribution in [0.25, 0.3) is 0 Å². The lowest BCUT2D eigenvalue weighted by atomic mass is 10.1. The first-order valence-corrected chi connectivity index (χ1v) is 8.33. The van der Waals surface area contributed by atoms with Crippen LogP contribution in [0.3, 0.4) is 0 Å². The maximum absolute atomic E-state index is 11.3. The standard InChI is InChI=1S/C13H16N2O2S2/c1-10(15-8-11-5-6-18-9-11)12-3-2-4-13(7-12)19(14,16)17/h2-7,9-10,15H,8H2,1H3,(H2,14,16,17). The number of nitrogens with one attached hydrogen (secondary N) is 1. The molecule has 1 heterocycles. The van der Waals surface area contributed by atoms with Crippen molar-refractivity contribution in [2.24, 2.45) is 5.14 Å². The molecule has 0 aliphatic heterocycles. The molecule has 2 rings (SSSR count). The summed E-state index contributed by atoms with van der Waals surface area (Å²) in [6.07, 6.45) is 0. The Kier molecular flexibility index (Phi) is 4.36. The molecule has 1 atom stereocenters. The van der Waals surface area contributed by atoms with Gasteiger partial charge in [0.2, 0.25) is 10.0 Å². The summed E-state index contributed by atoms with van der Waals surface area (Å²) in [6, 6.07) is 8.83. The van der Waals surface area contributed by atoms with Gasteiger partial charge in [-0.3, -0.25) is 0 Å². The second-order valence-electron chi connectivity index (χ2n) is 4.35. The quantitative estimate of drug-likeness (QED) is 0.889. The Morgan fingerprint density at radius 2 is 2.16 bits per heavy atom. The molecule has 0 amide bonds. The van der Waals surface area contributed by atoms with Gasteiger partial charge in [-0.15, -0.1) is 0 Å². The van der Waals surface area contributed by atoms with Crippen LogP contribution in [0.15, 0.2) is 46.0 Å². The van der Waals surface area contributed by atoms with Gasteiger partial charge < -0.3 is 5.32 Å². The Labute approximate surface area is 117 Å². The molecule has 2 aromatic rings. The zero-order valence-electron chi connectivity index (χ0n) is 10.5. The van der Waals surface area contributed by atoms with Crippen molar-refractivity contribution >= 4 is 21.4 Å². The highest BCUT2D eigenvalue weighted by molar-refractivity contribution is 7.89. The van der Waals surface area contributed by atoms with Gasteiger partial charge in [-0.1, -0.05) is 12.1 Å². The van der Waals surface area contributed by atoms with Crippen molar-refractivity contribution in [3.05, 3.63) is 52.2 Å². The van der Waals surface area contributed by atoms with Crippen LogP contribution >= 0.6 is 11.3 Å². The average molecular weight is 296 g/mol. The zero-order chi connectivity index (χ0) is 13.9. The van der Waals surface area contributed by atoms with Crippen LogP contribution in [0.1, 0.15) is 24.1 Å². The fraction of sp³-hybridized carbons (Fsp3) is 0.231. The van der Waals surface area contributed by atoms with E-state index in [4.69, 9.17) is 5.14 Å². The zero-order valence-corrected chi connectivity index (χ0v) is 12.2. The molecule has 0 saturated heterocycles. The molecule has 0 saturated carbocycles. The Balaban J connectivity index is 2.09. The monoisotopic (exact) mass is 296 g/mol. The molecule has 19 heavy (non-hydrogen) atoms. The SMILES string of the molecule is CC(NCc1ccsc1)c1cccc(S(N)(=O)=O)c1. The predicted octanol–water partition coefficient (Wildman–Crippen LogP) is 2.25. The number of hydrogen-bond acceptors (Lipinski definition) is 4. The van der Waals surface area contributed by atoms with Crippen LogP contribution < -0.4 is 10.5 Å². The topological polar surface area (TPSA) is 72.2 Å². The molecule has 1 unspecified atom stereocenters. The molecule has 0 spiro atoms. The van der Waals surface area contributed by atoms with Gasteiger partial charge in [0.25, 0.3) is 0 Å². The lowest BCUT2D eigenvalue weighted by Gasteiger charge is -2.14. The van der Waals surface area contributed by atoms with E-state index >= 15 is 0 Å². The van der Waals surface area contributed by atoms with E-state index in [0.717, 1.165) is 12.1 Å². The number of primary sulfonamides is 1. The van der Waals surface area contributed by atoms with E-state index in [1.807, 2.05) is 18.4 Å². The van der Waals surface area contributed by atoms with Crippen molar-refractivity contribution < 1.29 is 8.42 Å². The average Bonchev–Trinajstić information content (AvgIpc) is 2.88. The first-order valence-electron chi connectivity index (χ1n) is 5.84. The number of sulfonamides is 1. The van der Waals surface area contributed by atoms with Crippen molar-refractivity contribution in [3.8, 4) is 0 Å². The maximum Gasteiger partial charge on any atom is 0.238 e. The van der Waals surface area contributed by atoms with Crippen LogP contribution in [-0.2, 0) is 16.6 Å². The van der Waals surface area contributed by atoms with Gasteiger partial charge in [-0.05, 0) is 47.0 Å². The van der Waals surface area contributed by atoms with E-state index in [0.29, 0.717) is 0 Å². The number of thiophene rings is 1. The number of nitrogens with two attached hydrogens (primary N) is 1. The van der Waals surface area contributed by atoms with E-state index in [1.54, 1.807) is 23.5 Å². The molecular formula is C13H16N2O2S2. The first kappa shape index (κ1) is 14.2. The van der Waals surface area contributed by atoms with E-state index in [1.165, 1.54) is 11.6 Å². The molecule has 0 bridgehead atoms.